The third-order valence-corrected chi connectivity index (χ3v) is 3.92. The maximum atomic E-state index is 12.5. The molecule has 0 amide bonds. The summed E-state index contributed by atoms with van der Waals surface area (Å²) < 4.78 is 29.7. The summed E-state index contributed by atoms with van der Waals surface area (Å²) in [4.78, 5) is 23.3. The van der Waals surface area contributed by atoms with E-state index in [9.17, 15) is 18.4 Å². The van der Waals surface area contributed by atoms with Crippen molar-refractivity contribution >= 4 is 11.6 Å². The number of alkyl halides is 2. The molecule has 0 atom stereocenters. The number of hydrogen-bond acceptors (Lipinski definition) is 3. The molecule has 0 heterocycles. The minimum Gasteiger partial charge on any atom is -0.434 e. The number of carbonyl (C=O) groups is 2. The standard InChI is InChI=1S/C16H18F2O3/c1-8-4-9(2)15(21-16(17)18)10(3)14(8)11-5-12(19)7-13(20)6-11/h4,11,16H,5-7H2,1-3H3. The Hall–Kier alpha value is -1.78. The molecule has 3 nitrogen and oxygen atoms in total. The summed E-state index contributed by atoms with van der Waals surface area (Å²) in [6.07, 6.45) is 0.552. The zero-order valence-corrected chi connectivity index (χ0v) is 12.3. The summed E-state index contributed by atoms with van der Waals surface area (Å²) >= 11 is 0. The average molecular weight is 296 g/mol. The van der Waals surface area contributed by atoms with Crippen LogP contribution in [0.1, 0.15) is 47.4 Å². The molecule has 0 radical (unpaired) electrons. The molecular weight excluding hydrogens is 278 g/mol. The molecule has 1 aliphatic carbocycles. The molecule has 1 saturated carbocycles. The highest BCUT2D eigenvalue weighted by atomic mass is 19.3. The van der Waals surface area contributed by atoms with Gasteiger partial charge in [-0.2, -0.15) is 8.78 Å². The lowest BCUT2D eigenvalue weighted by Gasteiger charge is -2.26. The van der Waals surface area contributed by atoms with E-state index in [0.29, 0.717) is 11.1 Å². The van der Waals surface area contributed by atoms with Crippen molar-refractivity contribution in [2.45, 2.75) is 52.6 Å². The lowest BCUT2D eigenvalue weighted by Crippen LogP contribution is -2.23. The summed E-state index contributed by atoms with van der Waals surface area (Å²) in [6, 6.07) is 1.77. The van der Waals surface area contributed by atoms with Gasteiger partial charge in [0, 0.05) is 12.8 Å². The van der Waals surface area contributed by atoms with E-state index in [1.165, 1.54) is 0 Å². The van der Waals surface area contributed by atoms with Crippen molar-refractivity contribution in [3.63, 3.8) is 0 Å². The van der Waals surface area contributed by atoms with Crippen LogP contribution < -0.4 is 4.74 Å². The van der Waals surface area contributed by atoms with Crippen LogP contribution in [0.3, 0.4) is 0 Å². The van der Waals surface area contributed by atoms with Crippen molar-refractivity contribution in [2.75, 3.05) is 0 Å². The Morgan fingerprint density at radius 3 is 2.19 bits per heavy atom. The highest BCUT2D eigenvalue weighted by molar-refractivity contribution is 6.02. The van der Waals surface area contributed by atoms with Crippen molar-refractivity contribution < 1.29 is 23.1 Å². The second-order valence-corrected chi connectivity index (χ2v) is 5.62. The number of benzene rings is 1. The number of ketones is 2. The lowest BCUT2D eigenvalue weighted by molar-refractivity contribution is -0.130. The van der Waals surface area contributed by atoms with Gasteiger partial charge >= 0.3 is 6.61 Å². The zero-order chi connectivity index (χ0) is 15.7. The summed E-state index contributed by atoms with van der Waals surface area (Å²) in [5, 5.41) is 0. The molecule has 0 aliphatic heterocycles. The smallest absolute Gasteiger partial charge is 0.387 e. The van der Waals surface area contributed by atoms with Crippen molar-refractivity contribution in [3.8, 4) is 5.75 Å². The predicted octanol–water partition coefficient (Wildman–Crippen LogP) is 3.62. The second kappa shape index (κ2) is 5.92. The summed E-state index contributed by atoms with van der Waals surface area (Å²) in [5.74, 6) is -0.269. The van der Waals surface area contributed by atoms with Gasteiger partial charge in [0.15, 0.2) is 0 Å². The van der Waals surface area contributed by atoms with E-state index in [0.717, 1.165) is 11.1 Å². The van der Waals surface area contributed by atoms with E-state index < -0.39 is 6.61 Å². The third-order valence-electron chi connectivity index (χ3n) is 3.92. The minimum absolute atomic E-state index is 0.0130. The normalized spacial score (nSPS) is 16.7. The number of carbonyl (C=O) groups excluding carboxylic acids is 2. The Balaban J connectivity index is 2.47. The number of ether oxygens (including phenoxy) is 1. The molecule has 0 N–H and O–H groups in total. The van der Waals surface area contributed by atoms with E-state index in [1.54, 1.807) is 19.9 Å². The Labute approximate surface area is 122 Å². The molecule has 0 bridgehead atoms. The fourth-order valence-electron chi connectivity index (χ4n) is 3.27. The van der Waals surface area contributed by atoms with Crippen molar-refractivity contribution in [1.82, 2.24) is 0 Å². The maximum absolute atomic E-state index is 12.5. The van der Waals surface area contributed by atoms with Crippen LogP contribution in [0.25, 0.3) is 0 Å². The topological polar surface area (TPSA) is 43.4 Å². The Morgan fingerprint density at radius 1 is 1.10 bits per heavy atom. The number of halogens is 2. The first kappa shape index (κ1) is 15.6. The SMILES string of the molecule is Cc1cc(C)c(C2CC(=O)CC(=O)C2)c(C)c1OC(F)F. The molecule has 1 aromatic rings. The molecule has 5 heteroatoms. The molecule has 21 heavy (non-hydrogen) atoms. The first-order chi connectivity index (χ1) is 9.79. The van der Waals surface area contributed by atoms with Gasteiger partial charge in [-0.1, -0.05) is 6.07 Å². The van der Waals surface area contributed by atoms with Gasteiger partial charge in [-0.25, -0.2) is 0 Å². The monoisotopic (exact) mass is 296 g/mol. The van der Waals surface area contributed by atoms with Crippen LogP contribution in [0.4, 0.5) is 8.78 Å². The fourth-order valence-corrected chi connectivity index (χ4v) is 3.27. The largest absolute Gasteiger partial charge is 0.434 e. The molecule has 0 spiro atoms. The van der Waals surface area contributed by atoms with Crippen LogP contribution in [0.2, 0.25) is 0 Å². The van der Waals surface area contributed by atoms with Crippen LogP contribution in [0, 0.1) is 20.8 Å². The second-order valence-electron chi connectivity index (χ2n) is 5.62. The van der Waals surface area contributed by atoms with Crippen molar-refractivity contribution in [1.29, 1.82) is 0 Å². The number of Topliss-reactive ketones (excluding diaryl/α,β-unsaturated/α-hetero) is 2. The number of rotatable bonds is 3. The van der Waals surface area contributed by atoms with Gasteiger partial charge in [0.2, 0.25) is 0 Å². The molecule has 0 aromatic heterocycles. The minimum atomic E-state index is -2.90. The van der Waals surface area contributed by atoms with Gasteiger partial charge in [0.05, 0.1) is 6.42 Å². The highest BCUT2D eigenvalue weighted by Crippen LogP contribution is 2.39. The quantitative estimate of drug-likeness (QED) is 0.800. The summed E-state index contributed by atoms with van der Waals surface area (Å²) in [5.41, 5.74) is 2.92. The van der Waals surface area contributed by atoms with Crippen LogP contribution in [-0.4, -0.2) is 18.2 Å². The van der Waals surface area contributed by atoms with Crippen LogP contribution in [0.5, 0.6) is 5.75 Å². The molecule has 1 aliphatic rings. The zero-order valence-electron chi connectivity index (χ0n) is 12.3. The Bertz CT molecular complexity index is 578. The number of aryl methyl sites for hydroxylation is 2. The van der Waals surface area contributed by atoms with Crippen molar-refractivity contribution in [3.05, 3.63) is 28.3 Å². The first-order valence-electron chi connectivity index (χ1n) is 6.88. The van der Waals surface area contributed by atoms with Gasteiger partial charge in [0.25, 0.3) is 0 Å². The Morgan fingerprint density at radius 2 is 1.67 bits per heavy atom. The molecular formula is C16H18F2O3. The van der Waals surface area contributed by atoms with Gasteiger partial charge in [-0.15, -0.1) is 0 Å². The molecule has 0 unspecified atom stereocenters. The van der Waals surface area contributed by atoms with Crippen LogP contribution in [0.15, 0.2) is 6.07 Å². The maximum Gasteiger partial charge on any atom is 0.387 e. The highest BCUT2D eigenvalue weighted by Gasteiger charge is 2.30. The summed E-state index contributed by atoms with van der Waals surface area (Å²) in [6.45, 7) is 2.38. The van der Waals surface area contributed by atoms with E-state index >= 15 is 0 Å². The Kier molecular flexibility index (Phi) is 4.40. The third kappa shape index (κ3) is 3.28. The molecule has 1 aromatic carbocycles. The van der Waals surface area contributed by atoms with Gasteiger partial charge in [-0.05, 0) is 48.9 Å². The lowest BCUT2D eigenvalue weighted by atomic mass is 9.78. The average Bonchev–Trinajstić information content (AvgIpc) is 2.32. The predicted molar refractivity (Wildman–Crippen MR) is 73.9 cm³/mol. The molecule has 1 fully saturated rings. The fraction of sp³-hybridized carbons (Fsp3) is 0.500. The van der Waals surface area contributed by atoms with E-state index in [2.05, 4.69) is 4.74 Å². The van der Waals surface area contributed by atoms with Crippen molar-refractivity contribution in [2.24, 2.45) is 0 Å². The molecule has 2 rings (SSSR count). The molecule has 0 saturated heterocycles. The number of hydrogen-bond donors (Lipinski definition) is 0. The van der Waals surface area contributed by atoms with E-state index in [1.807, 2.05) is 6.92 Å². The van der Waals surface area contributed by atoms with E-state index in [-0.39, 0.29) is 42.5 Å². The van der Waals surface area contributed by atoms with Crippen LogP contribution in [-0.2, 0) is 9.59 Å². The van der Waals surface area contributed by atoms with Gasteiger partial charge < -0.3 is 4.74 Å². The first-order valence-corrected chi connectivity index (χ1v) is 6.88. The van der Waals surface area contributed by atoms with Gasteiger partial charge in [-0.3, -0.25) is 9.59 Å². The van der Waals surface area contributed by atoms with E-state index in [4.69, 9.17) is 0 Å². The summed E-state index contributed by atoms with van der Waals surface area (Å²) in [7, 11) is 0. The van der Waals surface area contributed by atoms with Crippen LogP contribution >= 0.6 is 0 Å². The molecule has 114 valence electrons. The van der Waals surface area contributed by atoms with Gasteiger partial charge in [0.1, 0.15) is 17.3 Å².